The van der Waals surface area contributed by atoms with Gasteiger partial charge in [0, 0.05) is 19.0 Å². The number of carbonyl (C=O) groups is 1. The van der Waals surface area contributed by atoms with Crippen LogP contribution < -0.4 is 0 Å². The molecule has 0 aromatic carbocycles. The molecular weight excluding hydrogens is 288 g/mol. The van der Waals surface area contributed by atoms with Gasteiger partial charge in [0.05, 0.1) is 12.2 Å². The molecule has 2 aromatic rings. The predicted octanol–water partition coefficient (Wildman–Crippen LogP) is 3.41. The van der Waals surface area contributed by atoms with Crippen molar-refractivity contribution in [2.75, 3.05) is 13.7 Å². The van der Waals surface area contributed by atoms with E-state index in [1.54, 1.807) is 35.4 Å². The maximum atomic E-state index is 12.2. The molecule has 0 aliphatic carbocycles. The van der Waals surface area contributed by atoms with E-state index < -0.39 is 0 Å². The Morgan fingerprint density at radius 1 is 1.52 bits per heavy atom. The number of hydrogen-bond acceptors (Lipinski definition) is 5. The summed E-state index contributed by atoms with van der Waals surface area (Å²) in [4.78, 5) is 18.3. The molecule has 0 spiro atoms. The average Bonchev–Trinajstić information content (AvgIpc) is 3.07. The van der Waals surface area contributed by atoms with Gasteiger partial charge in [0.25, 0.3) is 5.91 Å². The quantitative estimate of drug-likeness (QED) is 0.820. The molecule has 6 heteroatoms. The van der Waals surface area contributed by atoms with Crippen LogP contribution in [0.1, 0.15) is 47.0 Å². The summed E-state index contributed by atoms with van der Waals surface area (Å²) < 4.78 is 10.9. The molecule has 0 saturated carbocycles. The lowest BCUT2D eigenvalue weighted by Gasteiger charge is -2.14. The van der Waals surface area contributed by atoms with Crippen molar-refractivity contribution in [1.29, 1.82) is 0 Å². The van der Waals surface area contributed by atoms with Gasteiger partial charge in [-0.1, -0.05) is 0 Å². The van der Waals surface area contributed by atoms with Crippen molar-refractivity contribution in [3.05, 3.63) is 39.7 Å². The van der Waals surface area contributed by atoms with E-state index >= 15 is 0 Å². The van der Waals surface area contributed by atoms with Crippen LogP contribution in [0.15, 0.2) is 21.9 Å². The number of furan rings is 1. The van der Waals surface area contributed by atoms with Gasteiger partial charge in [-0.2, -0.15) is 0 Å². The number of aryl methyl sites for hydroxylation is 1. The van der Waals surface area contributed by atoms with Gasteiger partial charge in [-0.15, -0.1) is 11.3 Å². The molecule has 0 fully saturated rings. The van der Waals surface area contributed by atoms with Crippen molar-refractivity contribution >= 4 is 17.2 Å². The summed E-state index contributed by atoms with van der Waals surface area (Å²) >= 11 is 1.55. The van der Waals surface area contributed by atoms with Gasteiger partial charge in [-0.3, -0.25) is 4.79 Å². The van der Waals surface area contributed by atoms with Crippen LogP contribution in [-0.2, 0) is 11.3 Å². The monoisotopic (exact) mass is 308 g/mol. The van der Waals surface area contributed by atoms with Crippen LogP contribution in [-0.4, -0.2) is 29.4 Å². The highest BCUT2D eigenvalue weighted by Crippen LogP contribution is 2.22. The SMILES string of the molecule is CCO[C@H](C)c1nc(CN(C)C(=O)c2ccc(C)o2)cs1. The van der Waals surface area contributed by atoms with Gasteiger partial charge >= 0.3 is 0 Å². The second-order valence-electron chi connectivity index (χ2n) is 4.85. The van der Waals surface area contributed by atoms with Gasteiger partial charge in [0.15, 0.2) is 5.76 Å². The highest BCUT2D eigenvalue weighted by atomic mass is 32.1. The minimum absolute atomic E-state index is 0.0116. The summed E-state index contributed by atoms with van der Waals surface area (Å²) in [6, 6.07) is 3.48. The number of nitrogens with zero attached hydrogens (tertiary/aromatic N) is 2. The molecule has 0 unspecified atom stereocenters. The molecule has 0 radical (unpaired) electrons. The average molecular weight is 308 g/mol. The largest absolute Gasteiger partial charge is 0.456 e. The number of thiazole rings is 1. The topological polar surface area (TPSA) is 55.6 Å². The molecular formula is C15H20N2O3S. The van der Waals surface area contributed by atoms with Crippen LogP contribution >= 0.6 is 11.3 Å². The molecule has 0 N–H and O–H groups in total. The first kappa shape index (κ1) is 15.7. The molecule has 1 amide bonds. The van der Waals surface area contributed by atoms with E-state index in [9.17, 15) is 4.79 Å². The molecule has 0 bridgehead atoms. The van der Waals surface area contributed by atoms with Crippen molar-refractivity contribution in [3.63, 3.8) is 0 Å². The van der Waals surface area contributed by atoms with Crippen LogP contribution in [0.5, 0.6) is 0 Å². The van der Waals surface area contributed by atoms with E-state index in [-0.39, 0.29) is 12.0 Å². The summed E-state index contributed by atoms with van der Waals surface area (Å²) in [6.45, 7) is 6.87. The number of carbonyl (C=O) groups excluding carboxylic acids is 1. The van der Waals surface area contributed by atoms with Crippen molar-refractivity contribution in [2.45, 2.75) is 33.4 Å². The Morgan fingerprint density at radius 3 is 2.90 bits per heavy atom. The Kier molecular flexibility index (Phi) is 5.14. The minimum Gasteiger partial charge on any atom is -0.456 e. The zero-order valence-corrected chi connectivity index (χ0v) is 13.6. The third kappa shape index (κ3) is 3.92. The van der Waals surface area contributed by atoms with E-state index in [2.05, 4.69) is 4.98 Å². The van der Waals surface area contributed by atoms with Crippen LogP contribution in [0, 0.1) is 6.92 Å². The molecule has 0 aliphatic rings. The normalized spacial score (nSPS) is 12.4. The molecule has 114 valence electrons. The van der Waals surface area contributed by atoms with Crippen molar-refractivity contribution in [3.8, 4) is 0 Å². The Hall–Kier alpha value is -1.66. The number of amides is 1. The van der Waals surface area contributed by atoms with Crippen molar-refractivity contribution < 1.29 is 13.9 Å². The van der Waals surface area contributed by atoms with E-state index in [4.69, 9.17) is 9.15 Å². The summed E-state index contributed by atoms with van der Waals surface area (Å²) in [6.07, 6.45) is -0.0116. The van der Waals surface area contributed by atoms with Crippen LogP contribution in [0.4, 0.5) is 0 Å². The van der Waals surface area contributed by atoms with E-state index in [0.717, 1.165) is 16.5 Å². The second kappa shape index (κ2) is 6.87. The number of rotatable bonds is 6. The summed E-state index contributed by atoms with van der Waals surface area (Å²) in [5.74, 6) is 0.942. The van der Waals surface area contributed by atoms with Crippen LogP contribution in [0.3, 0.4) is 0 Å². The first-order valence-corrected chi connectivity index (χ1v) is 7.77. The molecule has 0 saturated heterocycles. The van der Waals surface area contributed by atoms with Gasteiger partial charge in [0.1, 0.15) is 16.9 Å². The first-order valence-electron chi connectivity index (χ1n) is 6.89. The predicted molar refractivity (Wildman–Crippen MR) is 81.4 cm³/mol. The second-order valence-corrected chi connectivity index (χ2v) is 5.74. The van der Waals surface area contributed by atoms with E-state index in [0.29, 0.717) is 18.9 Å². The summed E-state index contributed by atoms with van der Waals surface area (Å²) in [5, 5.41) is 2.89. The molecule has 2 aromatic heterocycles. The fraction of sp³-hybridized carbons (Fsp3) is 0.467. The zero-order chi connectivity index (χ0) is 15.4. The summed E-state index contributed by atoms with van der Waals surface area (Å²) in [5.41, 5.74) is 0.862. The molecule has 1 atom stereocenters. The lowest BCUT2D eigenvalue weighted by Crippen LogP contribution is -2.26. The van der Waals surface area contributed by atoms with E-state index in [1.807, 2.05) is 26.2 Å². The Balaban J connectivity index is 1.99. The van der Waals surface area contributed by atoms with Gasteiger partial charge in [-0.05, 0) is 32.9 Å². The highest BCUT2D eigenvalue weighted by molar-refractivity contribution is 7.09. The maximum Gasteiger partial charge on any atom is 0.289 e. The van der Waals surface area contributed by atoms with E-state index in [1.165, 1.54) is 0 Å². The number of aromatic nitrogens is 1. The smallest absolute Gasteiger partial charge is 0.289 e. The molecule has 2 rings (SSSR count). The highest BCUT2D eigenvalue weighted by Gasteiger charge is 2.17. The maximum absolute atomic E-state index is 12.2. The molecule has 2 heterocycles. The van der Waals surface area contributed by atoms with Crippen LogP contribution in [0.25, 0.3) is 0 Å². The van der Waals surface area contributed by atoms with Crippen LogP contribution in [0.2, 0.25) is 0 Å². The lowest BCUT2D eigenvalue weighted by molar-refractivity contribution is 0.0742. The van der Waals surface area contributed by atoms with Crippen molar-refractivity contribution in [1.82, 2.24) is 9.88 Å². The minimum atomic E-state index is -0.143. The van der Waals surface area contributed by atoms with Gasteiger partial charge in [0.2, 0.25) is 0 Å². The summed E-state index contributed by atoms with van der Waals surface area (Å²) in [7, 11) is 1.74. The Morgan fingerprint density at radius 2 is 2.29 bits per heavy atom. The molecule has 5 nitrogen and oxygen atoms in total. The van der Waals surface area contributed by atoms with Gasteiger partial charge in [-0.25, -0.2) is 4.98 Å². The lowest BCUT2D eigenvalue weighted by atomic mass is 10.3. The standard InChI is InChI=1S/C15H20N2O3S/c1-5-19-11(3)14-16-12(9-21-14)8-17(4)15(18)13-7-6-10(2)20-13/h6-7,9,11H,5,8H2,1-4H3/t11-/m1/s1. The number of hydrogen-bond donors (Lipinski definition) is 0. The van der Waals surface area contributed by atoms with Gasteiger partial charge < -0.3 is 14.1 Å². The third-order valence-corrected chi connectivity index (χ3v) is 4.09. The zero-order valence-electron chi connectivity index (χ0n) is 12.8. The fourth-order valence-electron chi connectivity index (χ4n) is 1.96. The Bertz CT molecular complexity index is 606. The third-order valence-electron chi connectivity index (χ3n) is 3.03. The molecule has 0 aliphatic heterocycles. The molecule has 21 heavy (non-hydrogen) atoms. The fourth-order valence-corrected chi connectivity index (χ4v) is 2.77. The van der Waals surface area contributed by atoms with Crippen molar-refractivity contribution in [2.24, 2.45) is 0 Å². The Labute approximate surface area is 128 Å². The first-order chi connectivity index (χ1) is 10.0. The number of ether oxygens (including phenoxy) is 1.